The van der Waals surface area contributed by atoms with Crippen molar-refractivity contribution in [3.63, 3.8) is 0 Å². The van der Waals surface area contributed by atoms with Gasteiger partial charge in [-0.15, -0.1) is 0 Å². The highest BCUT2D eigenvalue weighted by Crippen LogP contribution is 2.22. The Balaban J connectivity index is 2.06. The number of carbonyl (C=O) groups excluding carboxylic acids is 1. The van der Waals surface area contributed by atoms with E-state index in [2.05, 4.69) is 5.32 Å². The van der Waals surface area contributed by atoms with E-state index in [1.54, 1.807) is 50.2 Å². The lowest BCUT2D eigenvalue weighted by Gasteiger charge is -2.27. The van der Waals surface area contributed by atoms with E-state index in [9.17, 15) is 13.2 Å². The molecule has 2 aromatic rings. The van der Waals surface area contributed by atoms with Crippen LogP contribution in [0.3, 0.4) is 0 Å². The van der Waals surface area contributed by atoms with Crippen molar-refractivity contribution < 1.29 is 17.9 Å². The molecule has 26 heavy (non-hydrogen) atoms. The highest BCUT2D eigenvalue weighted by atomic mass is 35.5. The van der Waals surface area contributed by atoms with Gasteiger partial charge in [0.15, 0.2) is 15.4 Å². The Labute approximate surface area is 159 Å². The van der Waals surface area contributed by atoms with Crippen LogP contribution in [0.15, 0.2) is 53.4 Å². The predicted molar refractivity (Wildman–Crippen MR) is 102 cm³/mol. The molecule has 0 aliphatic rings. The maximum Gasteiger partial charge on any atom is 0.264 e. The normalized spacial score (nSPS) is 13.1. The van der Waals surface area contributed by atoms with Crippen LogP contribution in [0, 0.1) is 0 Å². The number of ether oxygens (including phenoxy) is 1. The van der Waals surface area contributed by atoms with Gasteiger partial charge in [-0.05, 0) is 62.7 Å². The number of carbonyl (C=O) groups is 1. The summed E-state index contributed by atoms with van der Waals surface area (Å²) in [5.41, 5.74) is -0.289. The van der Waals surface area contributed by atoms with Gasteiger partial charge in [0, 0.05) is 11.3 Å². The molecule has 1 amide bonds. The molecule has 0 fully saturated rings. The Bertz CT molecular complexity index is 875. The highest BCUT2D eigenvalue weighted by Gasteiger charge is 2.31. The molecule has 0 saturated heterocycles. The Hall–Kier alpha value is -2.05. The number of hydrogen-bond donors (Lipinski definition) is 1. The van der Waals surface area contributed by atoms with Gasteiger partial charge in [0.05, 0.1) is 10.9 Å². The molecule has 0 saturated carbocycles. The Morgan fingerprint density at radius 1 is 1.08 bits per heavy atom. The standard InChI is InChI=1S/C19H22ClNO4S/c1-13(14-5-11-17(12-6-14)26(4,23)24)21-18(22)19(2,3)25-16-9-7-15(20)8-10-16/h5-13H,1-4H3,(H,21,22). The van der Waals surface area contributed by atoms with Crippen LogP contribution in [0.2, 0.25) is 5.02 Å². The lowest BCUT2D eigenvalue weighted by molar-refractivity contribution is -0.134. The molecule has 0 aromatic heterocycles. The lowest BCUT2D eigenvalue weighted by Crippen LogP contribution is -2.47. The van der Waals surface area contributed by atoms with E-state index in [0.717, 1.165) is 11.8 Å². The van der Waals surface area contributed by atoms with Gasteiger partial charge in [-0.3, -0.25) is 4.79 Å². The van der Waals surface area contributed by atoms with E-state index in [1.165, 1.54) is 12.1 Å². The molecule has 2 rings (SSSR count). The first kappa shape index (κ1) is 20.3. The zero-order valence-corrected chi connectivity index (χ0v) is 16.7. The number of hydrogen-bond acceptors (Lipinski definition) is 4. The van der Waals surface area contributed by atoms with Gasteiger partial charge in [0.25, 0.3) is 5.91 Å². The molecule has 1 unspecified atom stereocenters. The zero-order valence-electron chi connectivity index (χ0n) is 15.1. The molecule has 0 heterocycles. The monoisotopic (exact) mass is 395 g/mol. The fourth-order valence-electron chi connectivity index (χ4n) is 2.30. The molecule has 0 aliphatic carbocycles. The average molecular weight is 396 g/mol. The fraction of sp³-hybridized carbons (Fsp3) is 0.316. The van der Waals surface area contributed by atoms with Crippen molar-refractivity contribution in [2.75, 3.05) is 6.26 Å². The molecular formula is C19H22ClNO4S. The second kappa shape index (κ2) is 7.68. The summed E-state index contributed by atoms with van der Waals surface area (Å²) in [4.78, 5) is 12.8. The number of amides is 1. The molecule has 2 aromatic carbocycles. The number of rotatable bonds is 6. The summed E-state index contributed by atoms with van der Waals surface area (Å²) in [5, 5.41) is 3.48. The summed E-state index contributed by atoms with van der Waals surface area (Å²) in [7, 11) is -3.25. The summed E-state index contributed by atoms with van der Waals surface area (Å²) < 4.78 is 28.8. The van der Waals surface area contributed by atoms with Crippen LogP contribution in [0.25, 0.3) is 0 Å². The third kappa shape index (κ3) is 5.22. The number of sulfone groups is 1. The van der Waals surface area contributed by atoms with Crippen LogP contribution < -0.4 is 10.1 Å². The Kier molecular flexibility index (Phi) is 5.98. The molecule has 0 aliphatic heterocycles. The van der Waals surface area contributed by atoms with Gasteiger partial charge < -0.3 is 10.1 Å². The number of halogens is 1. The maximum absolute atomic E-state index is 12.6. The number of benzene rings is 2. The smallest absolute Gasteiger partial charge is 0.264 e. The summed E-state index contributed by atoms with van der Waals surface area (Å²) in [6, 6.07) is 12.9. The topological polar surface area (TPSA) is 72.5 Å². The van der Waals surface area contributed by atoms with Gasteiger partial charge in [0.1, 0.15) is 5.75 Å². The van der Waals surface area contributed by atoms with E-state index in [0.29, 0.717) is 10.8 Å². The summed E-state index contributed by atoms with van der Waals surface area (Å²) in [5.74, 6) is 0.256. The lowest BCUT2D eigenvalue weighted by atomic mass is 10.1. The third-order valence-electron chi connectivity index (χ3n) is 3.89. The zero-order chi connectivity index (χ0) is 19.5. The molecular weight excluding hydrogens is 374 g/mol. The van der Waals surface area contributed by atoms with Crippen molar-refractivity contribution in [2.24, 2.45) is 0 Å². The van der Waals surface area contributed by atoms with Gasteiger partial charge in [0.2, 0.25) is 0 Å². The molecule has 0 radical (unpaired) electrons. The number of nitrogens with one attached hydrogen (secondary N) is 1. The summed E-state index contributed by atoms with van der Waals surface area (Å²) in [6.07, 6.45) is 1.16. The van der Waals surface area contributed by atoms with E-state index in [-0.39, 0.29) is 16.8 Å². The fourth-order valence-corrected chi connectivity index (χ4v) is 3.06. The molecule has 0 bridgehead atoms. The minimum Gasteiger partial charge on any atom is -0.478 e. The quantitative estimate of drug-likeness (QED) is 0.807. The first-order valence-corrected chi connectivity index (χ1v) is 10.3. The largest absolute Gasteiger partial charge is 0.478 e. The average Bonchev–Trinajstić information content (AvgIpc) is 2.56. The minimum atomic E-state index is -3.25. The molecule has 1 N–H and O–H groups in total. The van der Waals surface area contributed by atoms with Crippen molar-refractivity contribution in [1.29, 1.82) is 0 Å². The Morgan fingerprint density at radius 2 is 1.62 bits per heavy atom. The van der Waals surface area contributed by atoms with Crippen LogP contribution in [0.1, 0.15) is 32.4 Å². The van der Waals surface area contributed by atoms with Gasteiger partial charge in [-0.2, -0.15) is 0 Å². The second-order valence-corrected chi connectivity index (χ2v) is 9.05. The Morgan fingerprint density at radius 3 is 2.12 bits per heavy atom. The molecule has 0 spiro atoms. The van der Waals surface area contributed by atoms with Crippen molar-refractivity contribution >= 4 is 27.3 Å². The van der Waals surface area contributed by atoms with Crippen molar-refractivity contribution in [3.05, 3.63) is 59.1 Å². The summed E-state index contributed by atoms with van der Waals surface area (Å²) >= 11 is 5.85. The SMILES string of the molecule is CC(NC(=O)C(C)(C)Oc1ccc(Cl)cc1)c1ccc(S(C)(=O)=O)cc1. The first-order chi connectivity index (χ1) is 12.0. The highest BCUT2D eigenvalue weighted by molar-refractivity contribution is 7.90. The second-order valence-electron chi connectivity index (χ2n) is 6.60. The van der Waals surface area contributed by atoms with E-state index < -0.39 is 15.4 Å². The van der Waals surface area contributed by atoms with Crippen LogP contribution >= 0.6 is 11.6 Å². The van der Waals surface area contributed by atoms with Crippen molar-refractivity contribution in [2.45, 2.75) is 37.3 Å². The molecule has 140 valence electrons. The van der Waals surface area contributed by atoms with Crippen molar-refractivity contribution in [1.82, 2.24) is 5.32 Å². The predicted octanol–water partition coefficient (Wildman–Crippen LogP) is 3.78. The van der Waals surface area contributed by atoms with Crippen LogP contribution in [-0.4, -0.2) is 26.2 Å². The molecule has 1 atom stereocenters. The van der Waals surface area contributed by atoms with Gasteiger partial charge >= 0.3 is 0 Å². The van der Waals surface area contributed by atoms with Crippen LogP contribution in [0.4, 0.5) is 0 Å². The van der Waals surface area contributed by atoms with Crippen LogP contribution in [-0.2, 0) is 14.6 Å². The molecule has 7 heteroatoms. The van der Waals surface area contributed by atoms with Gasteiger partial charge in [-0.1, -0.05) is 23.7 Å². The third-order valence-corrected chi connectivity index (χ3v) is 5.27. The van der Waals surface area contributed by atoms with E-state index in [4.69, 9.17) is 16.3 Å². The summed E-state index contributed by atoms with van der Waals surface area (Å²) in [6.45, 7) is 5.18. The van der Waals surface area contributed by atoms with Crippen LogP contribution in [0.5, 0.6) is 5.75 Å². The first-order valence-electron chi connectivity index (χ1n) is 8.04. The maximum atomic E-state index is 12.6. The van der Waals surface area contributed by atoms with E-state index in [1.807, 2.05) is 6.92 Å². The minimum absolute atomic E-state index is 0.242. The van der Waals surface area contributed by atoms with Gasteiger partial charge in [-0.25, -0.2) is 8.42 Å². The van der Waals surface area contributed by atoms with Crippen molar-refractivity contribution in [3.8, 4) is 5.75 Å². The molecule has 5 nitrogen and oxygen atoms in total. The van der Waals surface area contributed by atoms with E-state index >= 15 is 0 Å².